The van der Waals surface area contributed by atoms with Crippen LogP contribution in [0.3, 0.4) is 0 Å². The van der Waals surface area contributed by atoms with Gasteiger partial charge in [-0.2, -0.15) is 0 Å². The highest BCUT2D eigenvalue weighted by Gasteiger charge is 2.17. The van der Waals surface area contributed by atoms with Crippen molar-refractivity contribution in [2.75, 3.05) is 20.3 Å². The number of benzene rings is 1. The topological polar surface area (TPSA) is 34.4 Å². The first-order valence-corrected chi connectivity index (χ1v) is 6.77. The normalized spacial score (nSPS) is 12.2. The first kappa shape index (κ1) is 14.1. The molecular formula is C16H23NO2. The molecule has 0 aliphatic rings. The maximum Gasteiger partial charge on any atom is 0.134 e. The lowest BCUT2D eigenvalue weighted by Crippen LogP contribution is -2.30. The Morgan fingerprint density at radius 3 is 2.84 bits per heavy atom. The van der Waals surface area contributed by atoms with Crippen molar-refractivity contribution in [2.24, 2.45) is 5.41 Å². The van der Waals surface area contributed by atoms with Gasteiger partial charge in [-0.1, -0.05) is 32.0 Å². The van der Waals surface area contributed by atoms with Gasteiger partial charge in [0, 0.05) is 37.8 Å². The average Bonchev–Trinajstić information content (AvgIpc) is 2.80. The number of nitrogens with one attached hydrogen (secondary N) is 1. The van der Waals surface area contributed by atoms with E-state index in [0.29, 0.717) is 0 Å². The van der Waals surface area contributed by atoms with E-state index in [1.54, 1.807) is 7.11 Å². The molecule has 2 aromatic rings. The van der Waals surface area contributed by atoms with Crippen molar-refractivity contribution in [3.8, 4) is 0 Å². The van der Waals surface area contributed by atoms with Crippen LogP contribution in [0.25, 0.3) is 11.0 Å². The first-order valence-electron chi connectivity index (χ1n) is 6.77. The van der Waals surface area contributed by atoms with Gasteiger partial charge in [0.15, 0.2) is 0 Å². The van der Waals surface area contributed by atoms with E-state index in [1.165, 1.54) is 10.9 Å². The number of furan rings is 1. The minimum Gasteiger partial charge on any atom is -0.464 e. The summed E-state index contributed by atoms with van der Waals surface area (Å²) < 4.78 is 10.7. The Morgan fingerprint density at radius 2 is 2.05 bits per heavy atom. The summed E-state index contributed by atoms with van der Waals surface area (Å²) in [6.45, 7) is 7.13. The second kappa shape index (κ2) is 6.22. The highest BCUT2D eigenvalue weighted by molar-refractivity contribution is 5.80. The molecule has 0 radical (unpaired) electrons. The predicted octanol–water partition coefficient (Wildman–Crippen LogP) is 3.59. The molecule has 0 amide bonds. The summed E-state index contributed by atoms with van der Waals surface area (Å²) in [4.78, 5) is 0. The summed E-state index contributed by atoms with van der Waals surface area (Å²) in [5.41, 5.74) is 2.42. The van der Waals surface area contributed by atoms with Crippen LogP contribution < -0.4 is 5.32 Å². The Morgan fingerprint density at radius 1 is 1.26 bits per heavy atom. The van der Waals surface area contributed by atoms with Gasteiger partial charge in [0.25, 0.3) is 0 Å². The molecule has 1 aromatic carbocycles. The van der Waals surface area contributed by atoms with Crippen LogP contribution in [0.4, 0.5) is 0 Å². The van der Waals surface area contributed by atoms with Gasteiger partial charge in [0.05, 0.1) is 6.26 Å². The number of para-hydroxylation sites is 1. The third kappa shape index (κ3) is 3.82. The van der Waals surface area contributed by atoms with E-state index < -0.39 is 0 Å². The van der Waals surface area contributed by atoms with Gasteiger partial charge < -0.3 is 14.5 Å². The summed E-state index contributed by atoms with van der Waals surface area (Å²) >= 11 is 0. The lowest BCUT2D eigenvalue weighted by atomic mass is 9.89. The Bertz CT molecular complexity index is 516. The fourth-order valence-corrected chi connectivity index (χ4v) is 2.17. The Balaban J connectivity index is 1.89. The van der Waals surface area contributed by atoms with Crippen LogP contribution in [-0.2, 0) is 11.3 Å². The van der Waals surface area contributed by atoms with Crippen molar-refractivity contribution in [1.82, 2.24) is 5.32 Å². The summed E-state index contributed by atoms with van der Waals surface area (Å²) in [7, 11) is 1.75. The van der Waals surface area contributed by atoms with Crippen molar-refractivity contribution >= 4 is 11.0 Å². The van der Waals surface area contributed by atoms with Crippen molar-refractivity contribution in [3.05, 3.63) is 36.1 Å². The largest absolute Gasteiger partial charge is 0.464 e. The molecule has 0 aliphatic carbocycles. The standard InChI is InChI=1S/C16H23NO2/c1-16(2,8-9-18-3)12-17-10-13-11-19-15-7-5-4-6-14(13)15/h4-7,11,17H,8-10,12H2,1-3H3. The summed E-state index contributed by atoms with van der Waals surface area (Å²) in [6, 6.07) is 8.15. The molecular weight excluding hydrogens is 238 g/mol. The Hall–Kier alpha value is -1.32. The van der Waals surface area contributed by atoms with E-state index in [2.05, 4.69) is 25.2 Å². The van der Waals surface area contributed by atoms with E-state index in [1.807, 2.05) is 24.5 Å². The maximum atomic E-state index is 5.54. The number of hydrogen-bond acceptors (Lipinski definition) is 3. The van der Waals surface area contributed by atoms with Gasteiger partial charge in [0.2, 0.25) is 0 Å². The highest BCUT2D eigenvalue weighted by atomic mass is 16.5. The minimum atomic E-state index is 0.246. The van der Waals surface area contributed by atoms with Crippen LogP contribution in [0, 0.1) is 5.41 Å². The lowest BCUT2D eigenvalue weighted by Gasteiger charge is -2.24. The molecule has 0 aliphatic heterocycles. The van der Waals surface area contributed by atoms with Crippen molar-refractivity contribution in [3.63, 3.8) is 0 Å². The molecule has 0 atom stereocenters. The minimum absolute atomic E-state index is 0.246. The van der Waals surface area contributed by atoms with Crippen LogP contribution in [0.5, 0.6) is 0 Å². The van der Waals surface area contributed by atoms with Gasteiger partial charge >= 0.3 is 0 Å². The van der Waals surface area contributed by atoms with E-state index in [0.717, 1.165) is 31.7 Å². The maximum absolute atomic E-state index is 5.54. The van der Waals surface area contributed by atoms with E-state index in [-0.39, 0.29) is 5.41 Å². The molecule has 2 rings (SSSR count). The third-order valence-corrected chi connectivity index (χ3v) is 3.46. The molecule has 3 heteroatoms. The molecule has 3 nitrogen and oxygen atoms in total. The third-order valence-electron chi connectivity index (χ3n) is 3.46. The first-order chi connectivity index (χ1) is 9.12. The number of hydrogen-bond donors (Lipinski definition) is 1. The number of methoxy groups -OCH3 is 1. The molecule has 0 fully saturated rings. The molecule has 0 spiro atoms. The molecule has 0 saturated heterocycles. The molecule has 0 unspecified atom stereocenters. The van der Waals surface area contributed by atoms with Gasteiger partial charge in [0.1, 0.15) is 5.58 Å². The SMILES string of the molecule is COCCC(C)(C)CNCc1coc2ccccc12. The monoisotopic (exact) mass is 261 g/mol. The number of fused-ring (bicyclic) bond motifs is 1. The quantitative estimate of drug-likeness (QED) is 0.827. The van der Waals surface area contributed by atoms with E-state index in [9.17, 15) is 0 Å². The van der Waals surface area contributed by atoms with Crippen molar-refractivity contribution < 1.29 is 9.15 Å². The van der Waals surface area contributed by atoms with Gasteiger partial charge in [-0.15, -0.1) is 0 Å². The zero-order valence-corrected chi connectivity index (χ0v) is 12.0. The average molecular weight is 261 g/mol. The smallest absolute Gasteiger partial charge is 0.134 e. The Kier molecular flexibility index (Phi) is 4.61. The summed E-state index contributed by atoms with van der Waals surface area (Å²) in [5.74, 6) is 0. The van der Waals surface area contributed by atoms with Crippen LogP contribution >= 0.6 is 0 Å². The van der Waals surface area contributed by atoms with E-state index in [4.69, 9.17) is 9.15 Å². The molecule has 1 N–H and O–H groups in total. The fraction of sp³-hybridized carbons (Fsp3) is 0.500. The number of rotatable bonds is 7. The van der Waals surface area contributed by atoms with Crippen molar-refractivity contribution in [2.45, 2.75) is 26.8 Å². The van der Waals surface area contributed by atoms with E-state index >= 15 is 0 Å². The zero-order chi connectivity index (χ0) is 13.7. The summed E-state index contributed by atoms with van der Waals surface area (Å²) in [5, 5.41) is 4.71. The number of ether oxygens (including phenoxy) is 1. The molecule has 0 saturated carbocycles. The summed E-state index contributed by atoms with van der Waals surface area (Å²) in [6.07, 6.45) is 2.91. The van der Waals surface area contributed by atoms with Gasteiger partial charge in [-0.05, 0) is 17.9 Å². The van der Waals surface area contributed by atoms with Gasteiger partial charge in [-0.3, -0.25) is 0 Å². The van der Waals surface area contributed by atoms with Crippen LogP contribution in [-0.4, -0.2) is 20.3 Å². The fourth-order valence-electron chi connectivity index (χ4n) is 2.17. The molecule has 1 heterocycles. The predicted molar refractivity (Wildman–Crippen MR) is 78.2 cm³/mol. The van der Waals surface area contributed by atoms with Crippen LogP contribution in [0.1, 0.15) is 25.8 Å². The molecule has 0 bridgehead atoms. The Labute approximate surface area is 114 Å². The van der Waals surface area contributed by atoms with Crippen LogP contribution in [0.15, 0.2) is 34.9 Å². The molecule has 104 valence electrons. The van der Waals surface area contributed by atoms with Crippen molar-refractivity contribution in [1.29, 1.82) is 0 Å². The molecule has 19 heavy (non-hydrogen) atoms. The lowest BCUT2D eigenvalue weighted by molar-refractivity contribution is 0.150. The zero-order valence-electron chi connectivity index (χ0n) is 12.0. The van der Waals surface area contributed by atoms with Crippen LogP contribution in [0.2, 0.25) is 0 Å². The second-order valence-corrected chi connectivity index (χ2v) is 5.77. The highest BCUT2D eigenvalue weighted by Crippen LogP contribution is 2.22. The van der Waals surface area contributed by atoms with Gasteiger partial charge in [-0.25, -0.2) is 0 Å². The second-order valence-electron chi connectivity index (χ2n) is 5.77. The molecule has 1 aromatic heterocycles.